The first kappa shape index (κ1) is 11.1. The van der Waals surface area contributed by atoms with E-state index in [2.05, 4.69) is 0 Å². The number of anilines is 1. The molecule has 0 aromatic heterocycles. The lowest BCUT2D eigenvalue weighted by molar-refractivity contribution is 0.566. The Bertz CT molecular complexity index is 231. The van der Waals surface area contributed by atoms with E-state index in [0.29, 0.717) is 5.75 Å². The predicted octanol–water partition coefficient (Wildman–Crippen LogP) is 1.74. The molecular formula is C8H15NO2S. The van der Waals surface area contributed by atoms with E-state index in [0.717, 1.165) is 5.69 Å². The van der Waals surface area contributed by atoms with Crippen LogP contribution in [-0.4, -0.2) is 14.5 Å². The van der Waals surface area contributed by atoms with E-state index in [1.165, 1.54) is 0 Å². The molecule has 0 radical (unpaired) electrons. The lowest BCUT2D eigenvalue weighted by Crippen LogP contribution is -1.85. The number of hydrogen-bond donors (Lipinski definition) is 2. The normalized spacial score (nSPS) is 11.2. The average molecular weight is 189 g/mol. The van der Waals surface area contributed by atoms with Crippen LogP contribution in [0, 0.1) is 0 Å². The molecule has 1 aromatic carbocycles. The number of nitrogens with two attached hydrogens (primary N) is 1. The van der Waals surface area contributed by atoms with E-state index in [4.69, 9.17) is 10.3 Å². The molecule has 4 heteroatoms. The third-order valence-electron chi connectivity index (χ3n) is 1.05. The summed E-state index contributed by atoms with van der Waals surface area (Å²) in [6.07, 6.45) is 0. The van der Waals surface area contributed by atoms with E-state index in [1.807, 2.05) is 30.3 Å². The summed E-state index contributed by atoms with van der Waals surface area (Å²) in [5.74, 6) is 0.333. The molecule has 0 fully saturated rings. The maximum atomic E-state index is 9.48. The molecule has 0 aliphatic rings. The fourth-order valence-corrected chi connectivity index (χ4v) is 0.453. The molecule has 70 valence electrons. The van der Waals surface area contributed by atoms with E-state index >= 15 is 0 Å². The third kappa shape index (κ3) is 7.24. The van der Waals surface area contributed by atoms with E-state index in [1.54, 1.807) is 6.92 Å². The topological polar surface area (TPSA) is 63.3 Å². The van der Waals surface area contributed by atoms with Gasteiger partial charge in [-0.15, -0.1) is 0 Å². The highest BCUT2D eigenvalue weighted by molar-refractivity contribution is 7.79. The summed E-state index contributed by atoms with van der Waals surface area (Å²) < 4.78 is 17.3. The Kier molecular flexibility index (Phi) is 6.32. The first-order valence-corrected chi connectivity index (χ1v) is 4.82. The summed E-state index contributed by atoms with van der Waals surface area (Å²) >= 11 is -1.57. The second-order valence-corrected chi connectivity index (χ2v) is 3.24. The van der Waals surface area contributed by atoms with Crippen molar-refractivity contribution in [3.05, 3.63) is 30.3 Å². The Morgan fingerprint density at radius 1 is 1.50 bits per heavy atom. The van der Waals surface area contributed by atoms with Gasteiger partial charge in [0.15, 0.2) is 11.1 Å². The minimum absolute atomic E-state index is 0. The molecule has 1 rings (SSSR count). The smallest absolute Gasteiger partial charge is 0.152 e. The van der Waals surface area contributed by atoms with Gasteiger partial charge in [-0.3, -0.25) is 0 Å². The second-order valence-electron chi connectivity index (χ2n) is 2.02. The van der Waals surface area contributed by atoms with Gasteiger partial charge in [0.05, 0.1) is 0 Å². The zero-order chi connectivity index (χ0) is 9.40. The molecule has 0 saturated heterocycles. The third-order valence-corrected chi connectivity index (χ3v) is 1.54. The van der Waals surface area contributed by atoms with Crippen LogP contribution in [0.1, 0.15) is 8.35 Å². The van der Waals surface area contributed by atoms with Gasteiger partial charge in [0.25, 0.3) is 0 Å². The van der Waals surface area contributed by atoms with Gasteiger partial charge in [-0.1, -0.05) is 25.1 Å². The number of benzene rings is 1. The summed E-state index contributed by atoms with van der Waals surface area (Å²) in [6, 6.07) is 9.49. The molecule has 1 unspecified atom stereocenters. The molecular weight excluding hydrogens is 174 g/mol. The summed E-state index contributed by atoms with van der Waals surface area (Å²) in [7, 11) is 0. The standard InChI is InChI=1S/C6H7N.C2H6O2S.H2/c7-6-4-2-1-3-5-6;1-2-5(3)4;/h1-5H,7H2;2H2,1H3,(H,3,4);1H. The molecule has 0 spiro atoms. The molecule has 3 N–H and O–H groups in total. The molecule has 0 heterocycles. The summed E-state index contributed by atoms with van der Waals surface area (Å²) in [5, 5.41) is 0. The van der Waals surface area contributed by atoms with Gasteiger partial charge < -0.3 is 10.3 Å². The maximum absolute atomic E-state index is 9.48. The van der Waals surface area contributed by atoms with Crippen LogP contribution in [0.15, 0.2) is 30.3 Å². The van der Waals surface area contributed by atoms with Crippen molar-refractivity contribution in [1.29, 1.82) is 0 Å². The summed E-state index contributed by atoms with van der Waals surface area (Å²) in [4.78, 5) is 0. The lowest BCUT2D eigenvalue weighted by atomic mass is 10.3. The second kappa shape index (κ2) is 6.82. The van der Waals surface area contributed by atoms with Crippen molar-refractivity contribution in [3.8, 4) is 0 Å². The van der Waals surface area contributed by atoms with Crippen molar-refractivity contribution in [2.24, 2.45) is 0 Å². The minimum Gasteiger partial charge on any atom is -0.399 e. The van der Waals surface area contributed by atoms with Crippen LogP contribution in [0.25, 0.3) is 0 Å². The highest BCUT2D eigenvalue weighted by Crippen LogP contribution is 1.95. The molecule has 3 nitrogen and oxygen atoms in total. The zero-order valence-electron chi connectivity index (χ0n) is 6.93. The fraction of sp³-hybridized carbons (Fsp3) is 0.250. The van der Waals surface area contributed by atoms with Gasteiger partial charge in [-0.2, -0.15) is 0 Å². The van der Waals surface area contributed by atoms with Crippen molar-refractivity contribution in [2.75, 3.05) is 11.5 Å². The zero-order valence-corrected chi connectivity index (χ0v) is 7.75. The molecule has 0 aliphatic carbocycles. The van der Waals surface area contributed by atoms with Crippen LogP contribution >= 0.6 is 0 Å². The van der Waals surface area contributed by atoms with Crippen molar-refractivity contribution in [2.45, 2.75) is 6.92 Å². The summed E-state index contributed by atoms with van der Waals surface area (Å²) in [5.41, 5.74) is 6.18. The lowest BCUT2D eigenvalue weighted by Gasteiger charge is -1.83. The molecule has 0 saturated carbocycles. The molecule has 1 atom stereocenters. The van der Waals surface area contributed by atoms with Crippen LogP contribution in [-0.2, 0) is 11.1 Å². The fourth-order valence-electron chi connectivity index (χ4n) is 0.453. The van der Waals surface area contributed by atoms with Gasteiger partial charge in [-0.05, 0) is 12.1 Å². The van der Waals surface area contributed by atoms with Crippen molar-refractivity contribution in [1.82, 2.24) is 0 Å². The number of para-hydroxylation sites is 1. The largest absolute Gasteiger partial charge is 0.399 e. The molecule has 0 bridgehead atoms. The van der Waals surface area contributed by atoms with Gasteiger partial charge in [0, 0.05) is 12.9 Å². The summed E-state index contributed by atoms with van der Waals surface area (Å²) in [6.45, 7) is 1.65. The highest BCUT2D eigenvalue weighted by Gasteiger charge is 1.76. The highest BCUT2D eigenvalue weighted by atomic mass is 32.2. The molecule has 12 heavy (non-hydrogen) atoms. The quantitative estimate of drug-likeness (QED) is 0.522. The SMILES string of the molecule is CCS(=O)O.Nc1ccccc1.[HH]. The maximum Gasteiger partial charge on any atom is 0.152 e. The number of nitrogen functional groups attached to an aromatic ring is 1. The van der Waals surface area contributed by atoms with Crippen molar-refractivity contribution >= 4 is 16.8 Å². The average Bonchev–Trinajstić information content (AvgIpc) is 2.07. The van der Waals surface area contributed by atoms with Gasteiger partial charge in [-0.25, -0.2) is 4.21 Å². The molecule has 1 aromatic rings. The minimum atomic E-state index is -1.57. The van der Waals surface area contributed by atoms with Gasteiger partial charge in [0.1, 0.15) is 0 Å². The van der Waals surface area contributed by atoms with Crippen LogP contribution < -0.4 is 5.73 Å². The van der Waals surface area contributed by atoms with E-state index in [9.17, 15) is 4.21 Å². The molecule has 0 amide bonds. The van der Waals surface area contributed by atoms with Gasteiger partial charge in [0.2, 0.25) is 0 Å². The first-order chi connectivity index (χ1) is 5.66. The Morgan fingerprint density at radius 2 is 1.92 bits per heavy atom. The van der Waals surface area contributed by atoms with Crippen LogP contribution in [0.4, 0.5) is 5.69 Å². The Balaban J connectivity index is 0. The van der Waals surface area contributed by atoms with Gasteiger partial charge >= 0.3 is 0 Å². The van der Waals surface area contributed by atoms with Crippen LogP contribution in [0.2, 0.25) is 0 Å². The van der Waals surface area contributed by atoms with Crippen LogP contribution in [0.3, 0.4) is 0 Å². The first-order valence-electron chi connectivity index (χ1n) is 3.54. The van der Waals surface area contributed by atoms with E-state index in [-0.39, 0.29) is 1.43 Å². The Hall–Kier alpha value is -0.870. The predicted molar refractivity (Wildman–Crippen MR) is 54.3 cm³/mol. The van der Waals surface area contributed by atoms with Crippen LogP contribution in [0.5, 0.6) is 0 Å². The Morgan fingerprint density at radius 3 is 2.08 bits per heavy atom. The van der Waals surface area contributed by atoms with Crippen molar-refractivity contribution in [3.63, 3.8) is 0 Å². The van der Waals surface area contributed by atoms with E-state index < -0.39 is 11.1 Å². The number of hydrogen-bond acceptors (Lipinski definition) is 2. The monoisotopic (exact) mass is 189 g/mol. The number of rotatable bonds is 1. The Labute approximate surface area is 76.4 Å². The molecule has 0 aliphatic heterocycles. The van der Waals surface area contributed by atoms with Crippen molar-refractivity contribution < 1.29 is 10.2 Å².